The van der Waals surface area contributed by atoms with Crippen LogP contribution in [0.1, 0.15) is 42.2 Å². The summed E-state index contributed by atoms with van der Waals surface area (Å²) in [5.74, 6) is -0.0526. The van der Waals surface area contributed by atoms with Crippen molar-refractivity contribution in [1.29, 1.82) is 0 Å². The van der Waals surface area contributed by atoms with Crippen LogP contribution in [0.4, 0.5) is 0 Å². The lowest BCUT2D eigenvalue weighted by atomic mass is 9.77. The van der Waals surface area contributed by atoms with Crippen molar-refractivity contribution in [2.24, 2.45) is 12.5 Å². The third-order valence-corrected chi connectivity index (χ3v) is 5.00. The Bertz CT molecular complexity index is 499. The van der Waals surface area contributed by atoms with E-state index < -0.39 is 0 Å². The number of carbonyl (C=O) groups is 1. The van der Waals surface area contributed by atoms with Crippen LogP contribution in [0.3, 0.4) is 0 Å². The summed E-state index contributed by atoms with van der Waals surface area (Å²) in [5, 5.41) is 14.1. The molecule has 1 fully saturated rings. The normalized spacial score (nSPS) is 18.4. The topological polar surface area (TPSA) is 58.4 Å². The molecule has 0 unspecified atom stereocenters. The van der Waals surface area contributed by atoms with Crippen molar-refractivity contribution < 1.29 is 9.90 Å². The summed E-state index contributed by atoms with van der Waals surface area (Å²) in [6.07, 6.45) is 2.61. The molecule has 1 aromatic heterocycles. The van der Waals surface area contributed by atoms with Gasteiger partial charge in [-0.1, -0.05) is 18.5 Å². The van der Waals surface area contributed by atoms with E-state index in [1.807, 2.05) is 4.90 Å². The molecule has 20 heavy (non-hydrogen) atoms. The van der Waals surface area contributed by atoms with E-state index in [0.717, 1.165) is 19.3 Å². The monoisotopic (exact) mass is 299 g/mol. The van der Waals surface area contributed by atoms with Gasteiger partial charge in [0, 0.05) is 26.7 Å². The van der Waals surface area contributed by atoms with Gasteiger partial charge in [-0.25, -0.2) is 0 Å². The highest BCUT2D eigenvalue weighted by Gasteiger charge is 2.35. The molecule has 6 heteroatoms. The van der Waals surface area contributed by atoms with E-state index in [-0.39, 0.29) is 17.9 Å². The van der Waals surface area contributed by atoms with Crippen molar-refractivity contribution >= 4 is 17.5 Å². The molecule has 1 N–H and O–H groups in total. The minimum absolute atomic E-state index is 0.0233. The minimum Gasteiger partial charge on any atom is -0.396 e. The van der Waals surface area contributed by atoms with Crippen LogP contribution in [-0.4, -0.2) is 45.4 Å². The molecule has 5 nitrogen and oxygen atoms in total. The van der Waals surface area contributed by atoms with Crippen LogP contribution in [-0.2, 0) is 7.05 Å². The first-order chi connectivity index (χ1) is 9.44. The lowest BCUT2D eigenvalue weighted by Crippen LogP contribution is -2.44. The van der Waals surface area contributed by atoms with E-state index in [1.54, 1.807) is 14.0 Å². The van der Waals surface area contributed by atoms with Gasteiger partial charge in [0.1, 0.15) is 5.15 Å². The lowest BCUT2D eigenvalue weighted by molar-refractivity contribution is 0.0338. The zero-order valence-corrected chi connectivity index (χ0v) is 13.1. The number of hydrogen-bond donors (Lipinski definition) is 1. The smallest absolute Gasteiger partial charge is 0.258 e. The molecule has 0 aliphatic carbocycles. The molecule has 0 bridgehead atoms. The Kier molecular flexibility index (Phi) is 4.39. The van der Waals surface area contributed by atoms with Crippen molar-refractivity contribution in [2.45, 2.75) is 33.1 Å². The summed E-state index contributed by atoms with van der Waals surface area (Å²) in [5.41, 5.74) is 1.14. The molecule has 1 saturated heterocycles. The van der Waals surface area contributed by atoms with Crippen molar-refractivity contribution in [1.82, 2.24) is 14.7 Å². The highest BCUT2D eigenvalue weighted by molar-refractivity contribution is 6.33. The third kappa shape index (κ3) is 2.56. The van der Waals surface area contributed by atoms with Crippen LogP contribution in [0, 0.1) is 12.3 Å². The molecule has 2 rings (SSSR count). The number of likely N-dealkylation sites (tertiary alicyclic amines) is 1. The fraction of sp³-hybridized carbons (Fsp3) is 0.714. The second-order valence-corrected chi connectivity index (χ2v) is 6.04. The van der Waals surface area contributed by atoms with Crippen molar-refractivity contribution in [3.8, 4) is 0 Å². The molecule has 0 radical (unpaired) electrons. The summed E-state index contributed by atoms with van der Waals surface area (Å²) < 4.78 is 1.53. The maximum absolute atomic E-state index is 12.6. The van der Waals surface area contributed by atoms with E-state index in [9.17, 15) is 9.90 Å². The van der Waals surface area contributed by atoms with Gasteiger partial charge in [0.2, 0.25) is 0 Å². The van der Waals surface area contributed by atoms with E-state index in [4.69, 9.17) is 11.6 Å². The van der Waals surface area contributed by atoms with E-state index in [0.29, 0.717) is 29.5 Å². The standard InChI is InChI=1S/C14H22ClN3O2/c1-4-14(9-19)5-7-18(8-6-14)13(20)11-10(2)16-17(3)12(11)15/h19H,4-9H2,1-3H3. The molecule has 0 aromatic carbocycles. The summed E-state index contributed by atoms with van der Waals surface area (Å²) in [6, 6.07) is 0. The summed E-state index contributed by atoms with van der Waals surface area (Å²) in [6.45, 7) is 5.41. The number of rotatable bonds is 3. The molecule has 1 aliphatic heterocycles. The number of piperidine rings is 1. The second-order valence-electron chi connectivity index (χ2n) is 5.68. The Balaban J connectivity index is 2.13. The SMILES string of the molecule is CCC1(CO)CCN(C(=O)c2c(C)nn(C)c2Cl)CC1. The number of aryl methyl sites for hydroxylation is 2. The summed E-state index contributed by atoms with van der Waals surface area (Å²) in [4.78, 5) is 14.4. The predicted molar refractivity (Wildman–Crippen MR) is 77.9 cm³/mol. The number of amides is 1. The highest BCUT2D eigenvalue weighted by atomic mass is 35.5. The molecular weight excluding hydrogens is 278 g/mol. The minimum atomic E-state index is -0.0526. The fourth-order valence-electron chi connectivity index (χ4n) is 2.84. The maximum atomic E-state index is 12.6. The predicted octanol–water partition coefficient (Wildman–Crippen LogP) is 2.01. The first-order valence-corrected chi connectivity index (χ1v) is 7.41. The van der Waals surface area contributed by atoms with Crippen LogP contribution in [0.25, 0.3) is 0 Å². The zero-order valence-electron chi connectivity index (χ0n) is 12.3. The number of aliphatic hydroxyl groups is 1. The van der Waals surface area contributed by atoms with Gasteiger partial charge >= 0.3 is 0 Å². The summed E-state index contributed by atoms with van der Waals surface area (Å²) >= 11 is 6.15. The van der Waals surface area contributed by atoms with E-state index in [1.165, 1.54) is 4.68 Å². The third-order valence-electron chi connectivity index (χ3n) is 4.56. The van der Waals surface area contributed by atoms with E-state index >= 15 is 0 Å². The van der Waals surface area contributed by atoms with Crippen LogP contribution in [0.2, 0.25) is 5.15 Å². The molecule has 112 valence electrons. The maximum Gasteiger partial charge on any atom is 0.258 e. The van der Waals surface area contributed by atoms with Gasteiger partial charge in [-0.05, 0) is 31.6 Å². The molecule has 1 aliphatic rings. The Labute approximate surface area is 124 Å². The molecular formula is C14H22ClN3O2. The number of nitrogens with zero attached hydrogens (tertiary/aromatic N) is 3. The molecule has 0 spiro atoms. The van der Waals surface area contributed by atoms with Gasteiger partial charge < -0.3 is 10.0 Å². The van der Waals surface area contributed by atoms with Gasteiger partial charge in [-0.2, -0.15) is 5.10 Å². The van der Waals surface area contributed by atoms with Crippen LogP contribution in [0.5, 0.6) is 0 Å². The Morgan fingerprint density at radius 2 is 2.05 bits per heavy atom. The number of halogens is 1. The molecule has 1 amide bonds. The Morgan fingerprint density at radius 1 is 1.45 bits per heavy atom. The lowest BCUT2D eigenvalue weighted by Gasteiger charge is -2.40. The summed E-state index contributed by atoms with van der Waals surface area (Å²) in [7, 11) is 1.73. The van der Waals surface area contributed by atoms with Gasteiger partial charge in [-0.3, -0.25) is 9.48 Å². The largest absolute Gasteiger partial charge is 0.396 e. The highest BCUT2D eigenvalue weighted by Crippen LogP contribution is 2.35. The molecule has 2 heterocycles. The number of hydrogen-bond acceptors (Lipinski definition) is 3. The Morgan fingerprint density at radius 3 is 2.45 bits per heavy atom. The quantitative estimate of drug-likeness (QED) is 0.929. The fourth-order valence-corrected chi connectivity index (χ4v) is 3.09. The first-order valence-electron chi connectivity index (χ1n) is 7.03. The average molecular weight is 300 g/mol. The van der Waals surface area contributed by atoms with Gasteiger partial charge in [-0.15, -0.1) is 0 Å². The van der Waals surface area contributed by atoms with Crippen LogP contribution >= 0.6 is 11.6 Å². The Hall–Kier alpha value is -1.07. The van der Waals surface area contributed by atoms with Crippen LogP contribution in [0.15, 0.2) is 0 Å². The number of aromatic nitrogens is 2. The van der Waals surface area contributed by atoms with Crippen molar-refractivity contribution in [2.75, 3.05) is 19.7 Å². The average Bonchev–Trinajstić information content (AvgIpc) is 2.71. The second kappa shape index (κ2) is 5.74. The van der Waals surface area contributed by atoms with Crippen molar-refractivity contribution in [3.05, 3.63) is 16.4 Å². The van der Waals surface area contributed by atoms with Crippen molar-refractivity contribution in [3.63, 3.8) is 0 Å². The molecule has 1 aromatic rings. The zero-order chi connectivity index (χ0) is 14.9. The number of carbonyl (C=O) groups excluding carboxylic acids is 1. The molecule has 0 saturated carbocycles. The van der Waals surface area contributed by atoms with Gasteiger partial charge in [0.25, 0.3) is 5.91 Å². The molecule has 0 atom stereocenters. The first kappa shape index (κ1) is 15.3. The van der Waals surface area contributed by atoms with E-state index in [2.05, 4.69) is 12.0 Å². The number of aliphatic hydroxyl groups excluding tert-OH is 1. The van der Waals surface area contributed by atoms with Crippen LogP contribution < -0.4 is 0 Å². The van der Waals surface area contributed by atoms with Gasteiger partial charge in [0.15, 0.2) is 0 Å². The van der Waals surface area contributed by atoms with Gasteiger partial charge in [0.05, 0.1) is 11.3 Å².